The molecule has 0 saturated carbocycles. The third kappa shape index (κ3) is 4.16. The van der Waals surface area contributed by atoms with E-state index in [1.54, 1.807) is 0 Å². The fourth-order valence-corrected chi connectivity index (χ4v) is 3.49. The fourth-order valence-electron chi connectivity index (χ4n) is 3.49. The molecular weight excluding hydrogens is 294 g/mol. The molecule has 3 rings (SSSR count). The van der Waals surface area contributed by atoms with E-state index < -0.39 is 0 Å². The van der Waals surface area contributed by atoms with Gasteiger partial charge in [0.2, 0.25) is 6.34 Å². The third-order valence-electron chi connectivity index (χ3n) is 4.61. The number of anilines is 1. The second kappa shape index (κ2) is 7.52. The molecule has 24 heavy (non-hydrogen) atoms. The molecule has 2 aromatic rings. The van der Waals surface area contributed by atoms with Crippen LogP contribution in [-0.4, -0.2) is 42.0 Å². The molecular formula is C21H28N3+. The van der Waals surface area contributed by atoms with Crippen molar-refractivity contribution in [1.82, 2.24) is 4.90 Å². The summed E-state index contributed by atoms with van der Waals surface area (Å²) in [4.78, 5) is 2.41. The molecule has 2 aromatic carbocycles. The van der Waals surface area contributed by atoms with Gasteiger partial charge in [-0.1, -0.05) is 48.0 Å². The minimum atomic E-state index is 0.973. The monoisotopic (exact) mass is 322 g/mol. The maximum Gasteiger partial charge on any atom is 0.234 e. The van der Waals surface area contributed by atoms with E-state index in [-0.39, 0.29) is 0 Å². The molecule has 3 heteroatoms. The summed E-state index contributed by atoms with van der Waals surface area (Å²) in [5, 5.41) is 3.62. The molecule has 0 spiro atoms. The molecule has 1 heterocycles. The quantitative estimate of drug-likeness (QED) is 0.820. The van der Waals surface area contributed by atoms with Crippen LogP contribution in [0.2, 0.25) is 0 Å². The van der Waals surface area contributed by atoms with Crippen molar-refractivity contribution >= 4 is 12.0 Å². The number of nitrogens with zero attached hydrogens (tertiary/aromatic N) is 2. The SMILES string of the molecule is Cc1cc(C)c(NCCN2C=[N+](Cc3ccccc3)CC2)c(C)c1. The van der Waals surface area contributed by atoms with Crippen molar-refractivity contribution in [3.05, 3.63) is 64.7 Å². The smallest absolute Gasteiger partial charge is 0.234 e. The molecule has 126 valence electrons. The molecule has 1 N–H and O–H groups in total. The van der Waals surface area contributed by atoms with Crippen LogP contribution in [0.15, 0.2) is 42.5 Å². The molecule has 0 bridgehead atoms. The average Bonchev–Trinajstić information content (AvgIpc) is 2.98. The molecule has 0 atom stereocenters. The topological polar surface area (TPSA) is 18.3 Å². The first-order valence-electron chi connectivity index (χ1n) is 8.80. The zero-order valence-electron chi connectivity index (χ0n) is 15.0. The van der Waals surface area contributed by atoms with E-state index in [2.05, 4.69) is 84.4 Å². The Labute approximate surface area is 145 Å². The molecule has 0 amide bonds. The standard InChI is InChI=1S/C21H28N3/c1-17-13-18(2)21(19(3)14-17)22-9-10-23-11-12-24(16-23)15-20-7-5-4-6-8-20/h4-8,13-14,16,22H,9-12,15H2,1-3H3/q+1. The Kier molecular flexibility index (Phi) is 5.19. The van der Waals surface area contributed by atoms with E-state index in [4.69, 9.17) is 0 Å². The van der Waals surface area contributed by atoms with Gasteiger partial charge in [-0.05, 0) is 37.5 Å². The number of nitrogens with one attached hydrogen (secondary N) is 1. The number of rotatable bonds is 6. The van der Waals surface area contributed by atoms with Gasteiger partial charge in [-0.25, -0.2) is 0 Å². The minimum Gasteiger partial charge on any atom is -0.381 e. The van der Waals surface area contributed by atoms with Crippen LogP contribution in [0.5, 0.6) is 0 Å². The van der Waals surface area contributed by atoms with Crippen molar-refractivity contribution in [1.29, 1.82) is 0 Å². The number of hydrogen-bond donors (Lipinski definition) is 1. The number of hydrogen-bond acceptors (Lipinski definition) is 2. The van der Waals surface area contributed by atoms with Crippen molar-refractivity contribution < 1.29 is 4.58 Å². The van der Waals surface area contributed by atoms with Gasteiger partial charge in [-0.15, -0.1) is 0 Å². The van der Waals surface area contributed by atoms with E-state index in [1.807, 2.05) is 0 Å². The summed E-state index contributed by atoms with van der Waals surface area (Å²) >= 11 is 0. The number of aryl methyl sites for hydroxylation is 3. The lowest BCUT2D eigenvalue weighted by molar-refractivity contribution is -0.530. The van der Waals surface area contributed by atoms with Gasteiger partial charge in [0.05, 0.1) is 6.54 Å². The van der Waals surface area contributed by atoms with Crippen LogP contribution in [-0.2, 0) is 6.54 Å². The average molecular weight is 322 g/mol. The third-order valence-corrected chi connectivity index (χ3v) is 4.61. The highest BCUT2D eigenvalue weighted by molar-refractivity contribution is 5.58. The van der Waals surface area contributed by atoms with Crippen molar-refractivity contribution in [2.45, 2.75) is 27.3 Å². The van der Waals surface area contributed by atoms with Crippen molar-refractivity contribution in [3.8, 4) is 0 Å². The highest BCUT2D eigenvalue weighted by atomic mass is 15.3. The van der Waals surface area contributed by atoms with Gasteiger partial charge in [0.25, 0.3) is 0 Å². The Bertz CT molecular complexity index is 696. The van der Waals surface area contributed by atoms with E-state index in [9.17, 15) is 0 Å². The van der Waals surface area contributed by atoms with Crippen molar-refractivity contribution in [3.63, 3.8) is 0 Å². The second-order valence-electron chi connectivity index (χ2n) is 6.81. The molecule has 0 aromatic heterocycles. The number of benzene rings is 2. The molecule has 3 nitrogen and oxygen atoms in total. The largest absolute Gasteiger partial charge is 0.381 e. The first-order chi connectivity index (χ1) is 11.6. The van der Waals surface area contributed by atoms with E-state index in [0.29, 0.717) is 0 Å². The maximum atomic E-state index is 3.62. The van der Waals surface area contributed by atoms with Gasteiger partial charge in [-0.3, -0.25) is 9.48 Å². The lowest BCUT2D eigenvalue weighted by Crippen LogP contribution is -2.26. The van der Waals surface area contributed by atoms with Gasteiger partial charge in [0.15, 0.2) is 0 Å². The highest BCUT2D eigenvalue weighted by Crippen LogP contribution is 2.21. The highest BCUT2D eigenvalue weighted by Gasteiger charge is 2.18. The summed E-state index contributed by atoms with van der Waals surface area (Å²) in [7, 11) is 0. The predicted octanol–water partition coefficient (Wildman–Crippen LogP) is 3.58. The molecule has 0 unspecified atom stereocenters. The molecule has 0 radical (unpaired) electrons. The first-order valence-corrected chi connectivity index (χ1v) is 8.80. The van der Waals surface area contributed by atoms with E-state index >= 15 is 0 Å². The summed E-state index contributed by atoms with van der Waals surface area (Å²) in [6, 6.07) is 15.2. The summed E-state index contributed by atoms with van der Waals surface area (Å²) < 4.78 is 2.40. The predicted molar refractivity (Wildman–Crippen MR) is 102 cm³/mol. The van der Waals surface area contributed by atoms with Crippen LogP contribution < -0.4 is 5.32 Å². The van der Waals surface area contributed by atoms with Crippen LogP contribution >= 0.6 is 0 Å². The Morgan fingerprint density at radius 2 is 1.75 bits per heavy atom. The Hall–Kier alpha value is -2.29. The summed E-state index contributed by atoms with van der Waals surface area (Å²) in [6.45, 7) is 11.8. The molecule has 0 fully saturated rings. The van der Waals surface area contributed by atoms with E-state index in [1.165, 1.54) is 27.9 Å². The van der Waals surface area contributed by atoms with Crippen LogP contribution in [0.4, 0.5) is 5.69 Å². The molecule has 1 aliphatic heterocycles. The van der Waals surface area contributed by atoms with Gasteiger partial charge in [-0.2, -0.15) is 0 Å². The Morgan fingerprint density at radius 3 is 2.46 bits per heavy atom. The maximum absolute atomic E-state index is 3.62. The van der Waals surface area contributed by atoms with E-state index in [0.717, 1.165) is 32.7 Å². The lowest BCUT2D eigenvalue weighted by Gasteiger charge is -2.14. The van der Waals surface area contributed by atoms with Gasteiger partial charge in [0.1, 0.15) is 26.2 Å². The van der Waals surface area contributed by atoms with Crippen molar-refractivity contribution in [2.75, 3.05) is 31.5 Å². The summed E-state index contributed by atoms with van der Waals surface area (Å²) in [5.41, 5.74) is 6.67. The zero-order chi connectivity index (χ0) is 16.9. The van der Waals surface area contributed by atoms with Crippen LogP contribution in [0.3, 0.4) is 0 Å². The molecule has 0 aliphatic carbocycles. The Morgan fingerprint density at radius 1 is 1.04 bits per heavy atom. The molecule has 1 aliphatic rings. The van der Waals surface area contributed by atoms with Crippen LogP contribution in [0, 0.1) is 20.8 Å². The van der Waals surface area contributed by atoms with Crippen molar-refractivity contribution in [2.24, 2.45) is 0 Å². The summed E-state index contributed by atoms with van der Waals surface area (Å²) in [5.74, 6) is 0. The van der Waals surface area contributed by atoms with Crippen LogP contribution in [0.25, 0.3) is 0 Å². The lowest BCUT2D eigenvalue weighted by atomic mass is 10.1. The zero-order valence-corrected chi connectivity index (χ0v) is 15.0. The van der Waals surface area contributed by atoms with Gasteiger partial charge >= 0.3 is 0 Å². The first kappa shape index (κ1) is 16.6. The van der Waals surface area contributed by atoms with Crippen LogP contribution in [0.1, 0.15) is 22.3 Å². The molecule has 0 saturated heterocycles. The Balaban J connectivity index is 1.51. The second-order valence-corrected chi connectivity index (χ2v) is 6.81. The van der Waals surface area contributed by atoms with Gasteiger partial charge in [0, 0.05) is 5.69 Å². The van der Waals surface area contributed by atoms with Gasteiger partial charge < -0.3 is 5.32 Å². The summed E-state index contributed by atoms with van der Waals surface area (Å²) in [6.07, 6.45) is 2.28. The normalized spacial score (nSPS) is 14.0. The minimum absolute atomic E-state index is 0.973. The fraction of sp³-hybridized carbons (Fsp3) is 0.381.